The van der Waals surface area contributed by atoms with E-state index in [0.29, 0.717) is 0 Å². The van der Waals surface area contributed by atoms with Gasteiger partial charge in [-0.05, 0) is 12.5 Å². The lowest BCUT2D eigenvalue weighted by atomic mass is 9.84. The van der Waals surface area contributed by atoms with Crippen molar-refractivity contribution >= 4 is 5.78 Å². The quantitative estimate of drug-likeness (QED) is 0.795. The van der Waals surface area contributed by atoms with Crippen LogP contribution in [0.3, 0.4) is 0 Å². The Morgan fingerprint density at radius 3 is 2.21 bits per heavy atom. The second-order valence-corrected chi connectivity index (χ2v) is 4.09. The molecule has 0 bridgehead atoms. The van der Waals surface area contributed by atoms with Crippen molar-refractivity contribution in [1.82, 2.24) is 0 Å². The van der Waals surface area contributed by atoms with E-state index in [4.69, 9.17) is 5.73 Å². The first kappa shape index (κ1) is 10.9. The van der Waals surface area contributed by atoms with Gasteiger partial charge in [0.25, 0.3) is 0 Å². The fraction of sp³-hybridized carbons (Fsp3) is 0.417. The van der Waals surface area contributed by atoms with Crippen molar-refractivity contribution in [2.24, 2.45) is 11.7 Å². The van der Waals surface area contributed by atoms with E-state index in [1.807, 2.05) is 44.2 Å². The van der Waals surface area contributed by atoms with Crippen LogP contribution in [0, 0.1) is 5.92 Å². The first-order valence-electron chi connectivity index (χ1n) is 4.85. The minimum Gasteiger partial charge on any atom is -0.315 e. The number of ketones is 1. The number of rotatable bonds is 3. The maximum atomic E-state index is 11.8. The fourth-order valence-corrected chi connectivity index (χ4v) is 1.53. The van der Waals surface area contributed by atoms with Crippen molar-refractivity contribution in [3.63, 3.8) is 0 Å². The Labute approximate surface area is 85.1 Å². The predicted molar refractivity (Wildman–Crippen MR) is 57.8 cm³/mol. The summed E-state index contributed by atoms with van der Waals surface area (Å²) in [6, 6.07) is 9.49. The highest BCUT2D eigenvalue weighted by molar-refractivity contribution is 5.90. The molecule has 1 aromatic carbocycles. The topological polar surface area (TPSA) is 43.1 Å². The summed E-state index contributed by atoms with van der Waals surface area (Å²) in [5.41, 5.74) is 6.04. The van der Waals surface area contributed by atoms with Crippen LogP contribution in [0.5, 0.6) is 0 Å². The summed E-state index contributed by atoms with van der Waals surface area (Å²) < 4.78 is 0. The normalized spacial score (nSPS) is 15.2. The zero-order valence-corrected chi connectivity index (χ0v) is 8.95. The van der Waals surface area contributed by atoms with Gasteiger partial charge in [-0.2, -0.15) is 0 Å². The average molecular weight is 191 g/mol. The number of Topliss-reactive ketones (excluding diaryl/α,β-unsaturated/α-hetero) is 1. The minimum absolute atomic E-state index is 0.0368. The molecule has 0 aliphatic rings. The molecule has 0 fully saturated rings. The third-order valence-corrected chi connectivity index (χ3v) is 2.41. The van der Waals surface area contributed by atoms with Gasteiger partial charge in [-0.25, -0.2) is 0 Å². The van der Waals surface area contributed by atoms with Crippen LogP contribution in [0.1, 0.15) is 26.3 Å². The van der Waals surface area contributed by atoms with Gasteiger partial charge in [-0.3, -0.25) is 4.79 Å². The van der Waals surface area contributed by atoms with E-state index in [1.165, 1.54) is 0 Å². The molecule has 0 radical (unpaired) electrons. The highest BCUT2D eigenvalue weighted by atomic mass is 16.1. The lowest BCUT2D eigenvalue weighted by molar-refractivity contribution is -0.126. The summed E-state index contributed by atoms with van der Waals surface area (Å²) in [5.74, 6) is 0.0360. The van der Waals surface area contributed by atoms with Crippen LogP contribution in [-0.4, -0.2) is 5.78 Å². The largest absolute Gasteiger partial charge is 0.315 e. The molecular weight excluding hydrogens is 174 g/mol. The Balaban J connectivity index is 3.02. The van der Waals surface area contributed by atoms with Crippen molar-refractivity contribution in [3.05, 3.63) is 35.9 Å². The predicted octanol–water partition coefficient (Wildman–Crippen LogP) is 2.09. The smallest absolute Gasteiger partial charge is 0.159 e. The first-order valence-corrected chi connectivity index (χ1v) is 4.85. The number of benzene rings is 1. The lowest BCUT2D eigenvalue weighted by Gasteiger charge is -2.25. The molecule has 0 heterocycles. The summed E-state index contributed by atoms with van der Waals surface area (Å²) in [6.45, 7) is 5.51. The summed E-state index contributed by atoms with van der Waals surface area (Å²) in [7, 11) is 0. The van der Waals surface area contributed by atoms with Gasteiger partial charge in [0.05, 0.1) is 5.54 Å². The third kappa shape index (κ3) is 2.02. The molecule has 76 valence electrons. The summed E-state index contributed by atoms with van der Waals surface area (Å²) in [4.78, 5) is 11.8. The molecule has 0 saturated heterocycles. The molecule has 2 nitrogen and oxygen atoms in total. The standard InChI is InChI=1S/C12H17NO/c1-9(2)11(14)12(3,13)10-7-5-4-6-8-10/h4-9H,13H2,1-3H3. The van der Waals surface area contributed by atoms with E-state index in [0.717, 1.165) is 5.56 Å². The molecule has 1 atom stereocenters. The number of hydrogen-bond donors (Lipinski definition) is 1. The number of carbonyl (C=O) groups excluding carboxylic acids is 1. The fourth-order valence-electron chi connectivity index (χ4n) is 1.53. The highest BCUT2D eigenvalue weighted by Crippen LogP contribution is 2.21. The molecule has 14 heavy (non-hydrogen) atoms. The molecule has 1 rings (SSSR count). The number of nitrogens with two attached hydrogens (primary N) is 1. The zero-order valence-electron chi connectivity index (χ0n) is 8.95. The Hall–Kier alpha value is -1.15. The van der Waals surface area contributed by atoms with Crippen molar-refractivity contribution in [1.29, 1.82) is 0 Å². The molecular formula is C12H17NO. The van der Waals surface area contributed by atoms with Crippen LogP contribution < -0.4 is 5.73 Å². The SMILES string of the molecule is CC(C)C(=O)C(C)(N)c1ccccc1. The molecule has 2 heteroatoms. The van der Waals surface area contributed by atoms with Gasteiger partial charge in [0.2, 0.25) is 0 Å². The van der Waals surface area contributed by atoms with Gasteiger partial charge in [0.1, 0.15) is 0 Å². The molecule has 0 amide bonds. The van der Waals surface area contributed by atoms with Crippen molar-refractivity contribution in [2.75, 3.05) is 0 Å². The van der Waals surface area contributed by atoms with E-state index < -0.39 is 5.54 Å². The Morgan fingerprint density at radius 2 is 1.79 bits per heavy atom. The molecule has 0 saturated carbocycles. The van der Waals surface area contributed by atoms with E-state index >= 15 is 0 Å². The first-order chi connectivity index (χ1) is 6.46. The van der Waals surface area contributed by atoms with Gasteiger partial charge in [-0.15, -0.1) is 0 Å². The van der Waals surface area contributed by atoms with Crippen molar-refractivity contribution < 1.29 is 4.79 Å². The molecule has 1 aromatic rings. The van der Waals surface area contributed by atoms with Gasteiger partial charge in [0, 0.05) is 5.92 Å². The lowest BCUT2D eigenvalue weighted by Crippen LogP contribution is -2.44. The summed E-state index contributed by atoms with van der Waals surface area (Å²) in [6.07, 6.45) is 0. The summed E-state index contributed by atoms with van der Waals surface area (Å²) in [5, 5.41) is 0. The Morgan fingerprint density at radius 1 is 1.29 bits per heavy atom. The maximum Gasteiger partial charge on any atom is 0.159 e. The van der Waals surface area contributed by atoms with Crippen molar-refractivity contribution in [3.8, 4) is 0 Å². The van der Waals surface area contributed by atoms with Gasteiger partial charge < -0.3 is 5.73 Å². The number of carbonyl (C=O) groups is 1. The zero-order chi connectivity index (χ0) is 10.8. The van der Waals surface area contributed by atoms with E-state index in [-0.39, 0.29) is 11.7 Å². The van der Waals surface area contributed by atoms with Crippen LogP contribution in [0.4, 0.5) is 0 Å². The molecule has 0 spiro atoms. The number of hydrogen-bond acceptors (Lipinski definition) is 2. The maximum absolute atomic E-state index is 11.8. The monoisotopic (exact) mass is 191 g/mol. The Bertz CT molecular complexity index is 314. The van der Waals surface area contributed by atoms with Gasteiger partial charge >= 0.3 is 0 Å². The average Bonchev–Trinajstić information content (AvgIpc) is 2.18. The Kier molecular flexibility index (Phi) is 3.06. The van der Waals surface area contributed by atoms with Crippen LogP contribution in [0.15, 0.2) is 30.3 Å². The molecule has 0 aromatic heterocycles. The van der Waals surface area contributed by atoms with E-state index in [1.54, 1.807) is 6.92 Å². The minimum atomic E-state index is -0.866. The molecule has 1 unspecified atom stereocenters. The molecule has 0 aliphatic carbocycles. The summed E-state index contributed by atoms with van der Waals surface area (Å²) >= 11 is 0. The molecule has 0 aliphatic heterocycles. The third-order valence-electron chi connectivity index (χ3n) is 2.41. The van der Waals surface area contributed by atoms with Crippen LogP contribution in [0.2, 0.25) is 0 Å². The van der Waals surface area contributed by atoms with Crippen LogP contribution in [-0.2, 0) is 10.3 Å². The second kappa shape index (κ2) is 3.93. The van der Waals surface area contributed by atoms with Crippen LogP contribution in [0.25, 0.3) is 0 Å². The van der Waals surface area contributed by atoms with Gasteiger partial charge in [-0.1, -0.05) is 44.2 Å². The van der Waals surface area contributed by atoms with Crippen molar-refractivity contribution in [2.45, 2.75) is 26.3 Å². The van der Waals surface area contributed by atoms with E-state index in [2.05, 4.69) is 0 Å². The highest BCUT2D eigenvalue weighted by Gasteiger charge is 2.31. The van der Waals surface area contributed by atoms with E-state index in [9.17, 15) is 4.79 Å². The van der Waals surface area contributed by atoms with Gasteiger partial charge in [0.15, 0.2) is 5.78 Å². The van der Waals surface area contributed by atoms with Crippen LogP contribution >= 0.6 is 0 Å². The second-order valence-electron chi connectivity index (χ2n) is 4.09. The molecule has 2 N–H and O–H groups in total.